The maximum atomic E-state index is 13.5. The molecule has 0 spiro atoms. The zero-order chi connectivity index (χ0) is 24.1. The molecular weight excluding hydrogens is 424 g/mol. The Hall–Kier alpha value is -3.06. The smallest absolute Gasteiger partial charge is 0.259 e. The summed E-state index contributed by atoms with van der Waals surface area (Å²) in [6, 6.07) is 4.27. The van der Waals surface area contributed by atoms with Crippen LogP contribution >= 0.6 is 0 Å². The molecule has 0 unspecified atom stereocenters. The van der Waals surface area contributed by atoms with Gasteiger partial charge in [0.2, 0.25) is 5.96 Å². The van der Waals surface area contributed by atoms with Gasteiger partial charge in [0, 0.05) is 30.4 Å². The SMILES string of the molecule is C=C/N=C(\N=C1/CC(C)=C(C(=C)C)C(=O)N1C1CCCC1)Nc1ccc(C2CCNCC2)cn1. The molecule has 1 aromatic heterocycles. The molecule has 7 heteroatoms. The van der Waals surface area contributed by atoms with Crippen LogP contribution in [-0.4, -0.2) is 46.7 Å². The number of pyridine rings is 1. The van der Waals surface area contributed by atoms with E-state index in [1.54, 1.807) is 0 Å². The summed E-state index contributed by atoms with van der Waals surface area (Å²) in [7, 11) is 0. The number of anilines is 1. The number of rotatable bonds is 5. The molecule has 2 aliphatic heterocycles. The fourth-order valence-corrected chi connectivity index (χ4v) is 5.30. The maximum absolute atomic E-state index is 13.5. The van der Waals surface area contributed by atoms with Crippen LogP contribution in [0.5, 0.6) is 0 Å². The van der Waals surface area contributed by atoms with Gasteiger partial charge < -0.3 is 10.6 Å². The van der Waals surface area contributed by atoms with Crippen LogP contribution in [0.3, 0.4) is 0 Å². The standard InChI is InChI=1S/C27H36N6O/c1-5-29-27(31-23-11-10-21(17-30-23)20-12-14-28-15-13-20)32-24-16-19(4)25(18(2)3)26(34)33(24)22-8-6-7-9-22/h5,10-11,17,20,22,28H,1-2,6-9,12-16H2,3-4H3,(H,29,30,31)/b32-24+. The first kappa shape index (κ1) is 24.1. The second kappa shape index (κ2) is 10.9. The van der Waals surface area contributed by atoms with Gasteiger partial charge in [-0.3, -0.25) is 9.69 Å². The van der Waals surface area contributed by atoms with Crippen LogP contribution in [0.15, 0.2) is 64.4 Å². The van der Waals surface area contributed by atoms with Crippen molar-refractivity contribution in [3.8, 4) is 0 Å². The first-order valence-corrected chi connectivity index (χ1v) is 12.4. The average Bonchev–Trinajstić information content (AvgIpc) is 3.34. The number of nitrogens with one attached hydrogen (secondary N) is 2. The molecule has 1 aliphatic carbocycles. The van der Waals surface area contributed by atoms with Gasteiger partial charge in [-0.25, -0.2) is 9.98 Å². The highest BCUT2D eigenvalue weighted by Gasteiger charge is 2.36. The van der Waals surface area contributed by atoms with Crippen molar-refractivity contribution < 1.29 is 4.79 Å². The minimum absolute atomic E-state index is 0.00398. The second-order valence-corrected chi connectivity index (χ2v) is 9.52. The molecule has 1 aromatic rings. The molecule has 180 valence electrons. The Kier molecular flexibility index (Phi) is 7.73. The molecule has 4 rings (SSSR count). The van der Waals surface area contributed by atoms with Crippen LogP contribution in [-0.2, 0) is 4.79 Å². The summed E-state index contributed by atoms with van der Waals surface area (Å²) in [5, 5.41) is 6.63. The van der Waals surface area contributed by atoms with E-state index in [0.717, 1.165) is 74.2 Å². The van der Waals surface area contributed by atoms with E-state index in [2.05, 4.69) is 39.8 Å². The lowest BCUT2D eigenvalue weighted by Crippen LogP contribution is -2.47. The van der Waals surface area contributed by atoms with Gasteiger partial charge in [0.1, 0.15) is 11.7 Å². The average molecular weight is 461 g/mol. The van der Waals surface area contributed by atoms with Gasteiger partial charge in [0.15, 0.2) is 0 Å². The van der Waals surface area contributed by atoms with Gasteiger partial charge in [0.25, 0.3) is 5.91 Å². The van der Waals surface area contributed by atoms with Crippen LogP contribution in [0.25, 0.3) is 0 Å². The Balaban J connectivity index is 1.59. The second-order valence-electron chi connectivity index (χ2n) is 9.52. The Bertz CT molecular complexity index is 1020. The molecule has 1 saturated heterocycles. The summed E-state index contributed by atoms with van der Waals surface area (Å²) in [6.45, 7) is 13.8. The molecule has 0 atom stereocenters. The molecule has 0 bridgehead atoms. The number of hydrogen-bond donors (Lipinski definition) is 2. The lowest BCUT2D eigenvalue weighted by Gasteiger charge is -2.35. The van der Waals surface area contributed by atoms with Crippen LogP contribution < -0.4 is 10.6 Å². The molecule has 2 fully saturated rings. The molecular formula is C27H36N6O. The molecule has 1 amide bonds. The number of carbonyl (C=O) groups is 1. The minimum atomic E-state index is 0.00398. The summed E-state index contributed by atoms with van der Waals surface area (Å²) in [4.78, 5) is 29.2. The summed E-state index contributed by atoms with van der Waals surface area (Å²) in [5.74, 6) is 2.33. The van der Waals surface area contributed by atoms with E-state index in [1.807, 2.05) is 31.0 Å². The van der Waals surface area contributed by atoms with E-state index in [-0.39, 0.29) is 11.9 Å². The number of carbonyl (C=O) groups excluding carboxylic acids is 1. The number of nitrogens with zero attached hydrogens (tertiary/aromatic N) is 4. The van der Waals surface area contributed by atoms with Crippen molar-refractivity contribution in [1.82, 2.24) is 15.2 Å². The van der Waals surface area contributed by atoms with Crippen molar-refractivity contribution >= 4 is 23.5 Å². The van der Waals surface area contributed by atoms with Crippen LogP contribution in [0.1, 0.15) is 70.3 Å². The fraction of sp³-hybridized carbons (Fsp3) is 0.481. The fourth-order valence-electron chi connectivity index (χ4n) is 5.30. The Morgan fingerprint density at radius 1 is 1.24 bits per heavy atom. The molecule has 0 aromatic carbocycles. The number of amides is 1. The predicted octanol–water partition coefficient (Wildman–Crippen LogP) is 4.93. The third-order valence-electron chi connectivity index (χ3n) is 6.96. The van der Waals surface area contributed by atoms with Crippen molar-refractivity contribution in [3.63, 3.8) is 0 Å². The van der Waals surface area contributed by atoms with Gasteiger partial charge in [-0.05, 0) is 75.7 Å². The minimum Gasteiger partial charge on any atom is -0.317 e. The molecule has 0 radical (unpaired) electrons. The zero-order valence-corrected chi connectivity index (χ0v) is 20.4. The largest absolute Gasteiger partial charge is 0.317 e. The number of hydrogen-bond acceptors (Lipinski definition) is 4. The summed E-state index contributed by atoms with van der Waals surface area (Å²) in [6.07, 6.45) is 10.5. The molecule has 2 N–H and O–H groups in total. The van der Waals surface area contributed by atoms with Gasteiger partial charge >= 0.3 is 0 Å². The Morgan fingerprint density at radius 2 is 1.97 bits per heavy atom. The number of guanidine groups is 1. The molecule has 7 nitrogen and oxygen atoms in total. The Morgan fingerprint density at radius 3 is 2.59 bits per heavy atom. The normalized spacial score (nSPS) is 21.9. The van der Waals surface area contributed by atoms with Crippen molar-refractivity contribution in [2.24, 2.45) is 9.98 Å². The predicted molar refractivity (Wildman–Crippen MR) is 139 cm³/mol. The summed E-state index contributed by atoms with van der Waals surface area (Å²) in [5.41, 5.74) is 3.80. The van der Waals surface area contributed by atoms with Crippen molar-refractivity contribution in [2.75, 3.05) is 18.4 Å². The summed E-state index contributed by atoms with van der Waals surface area (Å²) < 4.78 is 0. The molecule has 3 heterocycles. The lowest BCUT2D eigenvalue weighted by atomic mass is 9.91. The lowest BCUT2D eigenvalue weighted by molar-refractivity contribution is -0.125. The number of amidine groups is 1. The Labute approximate surface area is 202 Å². The first-order chi connectivity index (χ1) is 16.5. The highest BCUT2D eigenvalue weighted by atomic mass is 16.2. The zero-order valence-electron chi connectivity index (χ0n) is 20.4. The number of aliphatic imine (C=N–C) groups is 2. The van der Waals surface area contributed by atoms with Crippen molar-refractivity contribution in [2.45, 2.75) is 70.8 Å². The molecule has 1 saturated carbocycles. The van der Waals surface area contributed by atoms with E-state index < -0.39 is 0 Å². The number of aromatic nitrogens is 1. The monoisotopic (exact) mass is 460 g/mol. The molecule has 34 heavy (non-hydrogen) atoms. The van der Waals surface area contributed by atoms with Crippen molar-refractivity contribution in [1.29, 1.82) is 0 Å². The van der Waals surface area contributed by atoms with E-state index >= 15 is 0 Å². The van der Waals surface area contributed by atoms with E-state index in [9.17, 15) is 4.79 Å². The highest BCUT2D eigenvalue weighted by molar-refractivity contribution is 6.15. The van der Waals surface area contributed by atoms with Gasteiger partial charge in [0.05, 0.1) is 0 Å². The third-order valence-corrected chi connectivity index (χ3v) is 6.96. The topological polar surface area (TPSA) is 82.0 Å². The number of piperidine rings is 1. The van der Waals surface area contributed by atoms with Gasteiger partial charge in [-0.1, -0.05) is 37.6 Å². The van der Waals surface area contributed by atoms with Crippen molar-refractivity contribution in [3.05, 3.63) is 60.0 Å². The van der Waals surface area contributed by atoms with E-state index in [1.165, 1.54) is 11.8 Å². The highest BCUT2D eigenvalue weighted by Crippen LogP contribution is 2.32. The quantitative estimate of drug-likeness (QED) is 0.482. The third kappa shape index (κ3) is 5.36. The van der Waals surface area contributed by atoms with E-state index in [4.69, 9.17) is 4.99 Å². The van der Waals surface area contributed by atoms with E-state index in [0.29, 0.717) is 24.1 Å². The first-order valence-electron chi connectivity index (χ1n) is 12.4. The maximum Gasteiger partial charge on any atom is 0.259 e. The summed E-state index contributed by atoms with van der Waals surface area (Å²) >= 11 is 0. The van der Waals surface area contributed by atoms with Crippen LogP contribution in [0, 0.1) is 0 Å². The van der Waals surface area contributed by atoms with Gasteiger partial charge in [-0.15, -0.1) is 0 Å². The van der Waals surface area contributed by atoms with Gasteiger partial charge in [-0.2, -0.15) is 4.99 Å². The van der Waals surface area contributed by atoms with Crippen LogP contribution in [0.4, 0.5) is 5.82 Å². The molecule has 3 aliphatic rings. The van der Waals surface area contributed by atoms with Crippen LogP contribution in [0.2, 0.25) is 0 Å².